The van der Waals surface area contributed by atoms with Crippen LogP contribution in [0.5, 0.6) is 0 Å². The number of benzene rings is 1. The maximum Gasteiger partial charge on any atom is 0.258 e. The van der Waals surface area contributed by atoms with Crippen molar-refractivity contribution in [1.82, 2.24) is 20.5 Å². The number of nitrogens with one attached hydrogen (secondary N) is 2. The van der Waals surface area contributed by atoms with Gasteiger partial charge in [-0.05, 0) is 56.2 Å². The van der Waals surface area contributed by atoms with Crippen molar-refractivity contribution in [1.29, 1.82) is 0 Å². The minimum atomic E-state index is -1.97. The summed E-state index contributed by atoms with van der Waals surface area (Å²) in [6.07, 6.45) is -0.728. The summed E-state index contributed by atoms with van der Waals surface area (Å²) in [5.74, 6) is -2.41. The number of rotatable bonds is 10. The molecule has 2 heterocycles. The van der Waals surface area contributed by atoms with E-state index in [9.17, 15) is 28.3 Å². The number of aliphatic hydroxyl groups is 1. The van der Waals surface area contributed by atoms with Crippen LogP contribution in [0, 0.1) is 12.7 Å². The van der Waals surface area contributed by atoms with E-state index in [1.54, 1.807) is 17.6 Å². The molecule has 0 radical (unpaired) electrons. The molecule has 2 aliphatic rings. The molecule has 8 nitrogen and oxygen atoms in total. The number of thiazole rings is 1. The molecule has 2 aromatic rings. The van der Waals surface area contributed by atoms with Gasteiger partial charge < -0.3 is 20.6 Å². The van der Waals surface area contributed by atoms with E-state index in [1.165, 1.54) is 31.2 Å². The van der Waals surface area contributed by atoms with E-state index in [2.05, 4.69) is 15.6 Å². The number of β-amino-alcohol motifs (C(OH)–C–C–N with tert-alkyl or cyclic N) is 1. The number of aromatic nitrogens is 1. The number of aliphatic hydroxyl groups excluding tert-OH is 1. The Bertz CT molecular complexity index is 1320. The van der Waals surface area contributed by atoms with Gasteiger partial charge in [-0.1, -0.05) is 40.4 Å². The summed E-state index contributed by atoms with van der Waals surface area (Å²) in [5.41, 5.74) is 1.50. The number of nitrogens with zero attached hydrogens (tertiary/aromatic N) is 2. The van der Waals surface area contributed by atoms with Gasteiger partial charge in [-0.3, -0.25) is 14.4 Å². The van der Waals surface area contributed by atoms with Crippen molar-refractivity contribution < 1.29 is 28.3 Å². The summed E-state index contributed by atoms with van der Waals surface area (Å²) in [7, 11) is 1.53. The summed E-state index contributed by atoms with van der Waals surface area (Å²) >= 11 is 0.965. The number of likely N-dealkylation sites (tertiary alicyclic amines) is 1. The molecule has 2 fully saturated rings. The Morgan fingerprint density at radius 1 is 1.38 bits per heavy atom. The molecule has 1 aliphatic carbocycles. The Balaban J connectivity index is 1.48. The second kappa shape index (κ2) is 12.5. The van der Waals surface area contributed by atoms with E-state index in [0.717, 1.165) is 10.6 Å². The lowest BCUT2D eigenvalue weighted by molar-refractivity contribution is -0.143. The van der Waals surface area contributed by atoms with Gasteiger partial charge >= 0.3 is 0 Å². The minimum absolute atomic E-state index is 0.000597. The normalized spacial score (nSPS) is 21.1. The lowest BCUT2D eigenvalue weighted by Crippen LogP contribution is -2.60. The van der Waals surface area contributed by atoms with Crippen LogP contribution in [0.3, 0.4) is 0 Å². The van der Waals surface area contributed by atoms with Crippen molar-refractivity contribution in [2.24, 2.45) is 0 Å². The number of aryl methyl sites for hydroxylation is 1. The number of hydrogen-bond donors (Lipinski definition) is 3. The number of alkyl halides is 1. The van der Waals surface area contributed by atoms with Crippen molar-refractivity contribution in [3.8, 4) is 10.4 Å². The Labute approximate surface area is 248 Å². The van der Waals surface area contributed by atoms with E-state index in [1.807, 2.05) is 31.7 Å². The molecule has 218 valence electrons. The SMILES string of the molecule is CC=ISC(C)(C)[C@H](NC(=O)C1(F)CC1)C(=O)N1C[C@H](O)CC1C(=O)NCc1ccc(-c2scnc2C)cc1F. The number of halogens is 3. The zero-order valence-electron chi connectivity index (χ0n) is 22.7. The first-order chi connectivity index (χ1) is 18.9. The molecule has 13 heteroatoms. The third-order valence-electron chi connectivity index (χ3n) is 7.02. The predicted molar refractivity (Wildman–Crippen MR) is 163 cm³/mol. The molecule has 1 aromatic carbocycles. The Kier molecular flexibility index (Phi) is 9.67. The second-order valence-corrected chi connectivity index (χ2v) is 16.9. The molecule has 4 rings (SSSR count). The van der Waals surface area contributed by atoms with Crippen LogP contribution in [-0.4, -0.2) is 71.9 Å². The summed E-state index contributed by atoms with van der Waals surface area (Å²) in [5, 5.41) is 15.7. The summed E-state index contributed by atoms with van der Waals surface area (Å²) in [6, 6.07) is 2.65. The standard InChI is InChI=1S/C27H33F2IN4O4S2/c1-5-30-40-26(3,4)22(33-25(38)27(29)8-9-27)24(37)34-13-18(35)11-20(34)23(36)31-12-17-7-6-16(10-19(17)28)21-15(2)32-14-39-21/h5-7,10,14,18,20,22,35H,8-9,11-13H2,1-4H3,(H,31,36)(H,33,38)/t18-,20?,22-/m1/s1. The quantitative estimate of drug-likeness (QED) is 0.322. The molecule has 1 aromatic heterocycles. The highest BCUT2D eigenvalue weighted by molar-refractivity contribution is 14.2. The van der Waals surface area contributed by atoms with Crippen LogP contribution in [0.1, 0.15) is 51.3 Å². The Morgan fingerprint density at radius 3 is 2.70 bits per heavy atom. The topological polar surface area (TPSA) is 112 Å². The highest BCUT2D eigenvalue weighted by Gasteiger charge is 2.54. The molecule has 3 amide bonds. The number of hydrogen-bond acceptors (Lipinski definition) is 7. The Hall–Kier alpha value is -1.97. The van der Waals surface area contributed by atoms with Gasteiger partial charge in [-0.25, -0.2) is 13.8 Å². The molecule has 0 bridgehead atoms. The van der Waals surface area contributed by atoms with E-state index in [4.69, 9.17) is 0 Å². The Morgan fingerprint density at radius 2 is 2.10 bits per heavy atom. The van der Waals surface area contributed by atoms with Crippen LogP contribution >= 0.6 is 39.6 Å². The van der Waals surface area contributed by atoms with E-state index in [-0.39, 0.29) is 37.9 Å². The molecule has 3 N–H and O–H groups in total. The molecular weight excluding hydrogens is 673 g/mol. The number of carbonyl (C=O) groups excluding carboxylic acids is 3. The fourth-order valence-electron chi connectivity index (χ4n) is 4.52. The van der Waals surface area contributed by atoms with Crippen LogP contribution in [0.4, 0.5) is 8.78 Å². The van der Waals surface area contributed by atoms with E-state index >= 15 is 0 Å². The fourth-order valence-corrected chi connectivity index (χ4v) is 9.38. The maximum absolute atomic E-state index is 14.9. The van der Waals surface area contributed by atoms with E-state index < -0.39 is 71.5 Å². The van der Waals surface area contributed by atoms with Crippen molar-refractivity contribution >= 4 is 61.3 Å². The minimum Gasteiger partial charge on any atom is -0.391 e. The molecule has 40 heavy (non-hydrogen) atoms. The van der Waals surface area contributed by atoms with Crippen molar-refractivity contribution in [3.05, 3.63) is 40.8 Å². The van der Waals surface area contributed by atoms with Gasteiger partial charge in [0.05, 0.1) is 22.2 Å². The van der Waals surface area contributed by atoms with Gasteiger partial charge in [0.1, 0.15) is 17.9 Å². The summed E-state index contributed by atoms with van der Waals surface area (Å²) < 4.78 is 30.7. The lowest BCUT2D eigenvalue weighted by Gasteiger charge is -2.36. The first-order valence-electron chi connectivity index (χ1n) is 12.9. The zero-order valence-corrected chi connectivity index (χ0v) is 26.5. The van der Waals surface area contributed by atoms with Gasteiger partial charge in [-0.15, -0.1) is 11.3 Å². The smallest absolute Gasteiger partial charge is 0.258 e. The molecule has 0 spiro atoms. The largest absolute Gasteiger partial charge is 0.391 e. The van der Waals surface area contributed by atoms with Crippen LogP contribution in [0.15, 0.2) is 23.7 Å². The van der Waals surface area contributed by atoms with Crippen LogP contribution < -0.4 is 10.6 Å². The van der Waals surface area contributed by atoms with Crippen molar-refractivity contribution in [3.63, 3.8) is 0 Å². The van der Waals surface area contributed by atoms with Crippen LogP contribution in [-0.2, 0) is 20.9 Å². The van der Waals surface area contributed by atoms with Crippen molar-refractivity contribution in [2.75, 3.05) is 6.54 Å². The van der Waals surface area contributed by atoms with Gasteiger partial charge in [0.15, 0.2) is 5.67 Å². The third-order valence-corrected chi connectivity index (χ3v) is 14.6. The van der Waals surface area contributed by atoms with Gasteiger partial charge in [0.25, 0.3) is 5.91 Å². The van der Waals surface area contributed by atoms with Gasteiger partial charge in [-0.2, -0.15) is 0 Å². The van der Waals surface area contributed by atoms with Gasteiger partial charge in [0, 0.05) is 29.8 Å². The summed E-state index contributed by atoms with van der Waals surface area (Å²) in [6.45, 7) is 7.18. The van der Waals surface area contributed by atoms with Crippen LogP contribution in [0.25, 0.3) is 10.4 Å². The predicted octanol–water partition coefficient (Wildman–Crippen LogP) is 4.04. The molecule has 1 unspecified atom stereocenters. The van der Waals surface area contributed by atoms with E-state index in [0.29, 0.717) is 5.56 Å². The maximum atomic E-state index is 14.9. The average molecular weight is 707 g/mol. The van der Waals surface area contributed by atoms with Gasteiger partial charge in [0.2, 0.25) is 11.8 Å². The summed E-state index contributed by atoms with van der Waals surface area (Å²) in [4.78, 5) is 46.0. The first-order valence-corrected chi connectivity index (χ1v) is 18.4. The lowest BCUT2D eigenvalue weighted by atomic mass is 10.0. The molecule has 1 saturated carbocycles. The third kappa shape index (κ3) is 6.90. The van der Waals surface area contributed by atoms with Crippen LogP contribution in [0.2, 0.25) is 0 Å². The highest BCUT2D eigenvalue weighted by atomic mass is 127. The van der Waals surface area contributed by atoms with Crippen molar-refractivity contribution in [2.45, 2.75) is 82.1 Å². The highest BCUT2D eigenvalue weighted by Crippen LogP contribution is 2.42. The average Bonchev–Trinajstić information content (AvgIpc) is 3.32. The number of amides is 3. The zero-order chi connectivity index (χ0) is 29.2. The fraction of sp³-hybridized carbons (Fsp3) is 0.519. The molecule has 1 saturated heterocycles. The first kappa shape index (κ1) is 31.0. The number of carbonyl (C=O) groups is 3. The second-order valence-electron chi connectivity index (χ2n) is 10.5. The molecule has 3 atom stereocenters. The monoisotopic (exact) mass is 706 g/mol. The molecule has 1 aliphatic heterocycles. The molecular formula is C27H33F2IN4O4S2.